The van der Waals surface area contributed by atoms with Gasteiger partial charge in [-0.05, 0) is 26.7 Å². The first kappa shape index (κ1) is 12.0. The summed E-state index contributed by atoms with van der Waals surface area (Å²) in [6, 6.07) is 1.74. The van der Waals surface area contributed by atoms with Crippen LogP contribution in [0.4, 0.5) is 0 Å². The SMILES string of the molecule is CCCCCCc1cc(=O)c(C)c(C)[nH]1. The smallest absolute Gasteiger partial charge is 0.184 e. The third kappa shape index (κ3) is 3.54. The highest BCUT2D eigenvalue weighted by molar-refractivity contribution is 5.20. The monoisotopic (exact) mass is 207 g/mol. The number of H-pyrrole nitrogens is 1. The molecule has 2 heteroatoms. The highest BCUT2D eigenvalue weighted by atomic mass is 16.1. The number of unbranched alkanes of at least 4 members (excludes halogenated alkanes) is 3. The molecular weight excluding hydrogens is 186 g/mol. The highest BCUT2D eigenvalue weighted by Crippen LogP contribution is 2.06. The molecule has 0 aromatic carbocycles. The van der Waals surface area contributed by atoms with Crippen LogP contribution in [0.1, 0.15) is 49.6 Å². The van der Waals surface area contributed by atoms with Gasteiger partial charge in [0.25, 0.3) is 0 Å². The van der Waals surface area contributed by atoms with Crippen LogP contribution < -0.4 is 5.43 Å². The Kier molecular flexibility index (Phi) is 4.60. The lowest BCUT2D eigenvalue weighted by Gasteiger charge is -2.05. The lowest BCUT2D eigenvalue weighted by molar-refractivity contribution is 0.659. The van der Waals surface area contributed by atoms with Crippen LogP contribution in [0.15, 0.2) is 10.9 Å². The van der Waals surface area contributed by atoms with Crippen molar-refractivity contribution in [3.05, 3.63) is 33.2 Å². The quantitative estimate of drug-likeness (QED) is 0.739. The van der Waals surface area contributed by atoms with Gasteiger partial charge in [0.2, 0.25) is 0 Å². The van der Waals surface area contributed by atoms with Crippen LogP contribution in [0.2, 0.25) is 0 Å². The number of aromatic nitrogens is 1. The zero-order valence-electron chi connectivity index (χ0n) is 10.0. The van der Waals surface area contributed by atoms with Gasteiger partial charge in [-0.2, -0.15) is 0 Å². The Morgan fingerprint density at radius 3 is 2.53 bits per heavy atom. The van der Waals surface area contributed by atoms with E-state index >= 15 is 0 Å². The zero-order chi connectivity index (χ0) is 11.3. The predicted octanol–water partition coefficient (Wildman–Crippen LogP) is 3.11. The number of hydrogen-bond acceptors (Lipinski definition) is 1. The van der Waals surface area contributed by atoms with Gasteiger partial charge in [0.15, 0.2) is 5.43 Å². The van der Waals surface area contributed by atoms with E-state index in [0.717, 1.165) is 23.4 Å². The van der Waals surface area contributed by atoms with E-state index < -0.39 is 0 Å². The van der Waals surface area contributed by atoms with E-state index in [1.807, 2.05) is 13.8 Å². The van der Waals surface area contributed by atoms with Crippen LogP contribution in [0.25, 0.3) is 0 Å². The van der Waals surface area contributed by atoms with Crippen molar-refractivity contribution in [2.45, 2.75) is 52.9 Å². The van der Waals surface area contributed by atoms with E-state index in [9.17, 15) is 4.79 Å². The second-order valence-electron chi connectivity index (χ2n) is 4.22. The predicted molar refractivity (Wildman–Crippen MR) is 64.4 cm³/mol. The van der Waals surface area contributed by atoms with Gasteiger partial charge in [0, 0.05) is 23.0 Å². The number of rotatable bonds is 5. The first-order valence-corrected chi connectivity index (χ1v) is 5.84. The molecule has 15 heavy (non-hydrogen) atoms. The lowest BCUT2D eigenvalue weighted by Crippen LogP contribution is -2.10. The number of aryl methyl sites for hydroxylation is 2. The molecule has 84 valence electrons. The molecule has 0 atom stereocenters. The van der Waals surface area contributed by atoms with E-state index in [1.54, 1.807) is 6.07 Å². The largest absolute Gasteiger partial charge is 0.362 e. The summed E-state index contributed by atoms with van der Waals surface area (Å²) in [5.41, 5.74) is 3.09. The van der Waals surface area contributed by atoms with Crippen molar-refractivity contribution < 1.29 is 0 Å². The second kappa shape index (κ2) is 5.74. The Morgan fingerprint density at radius 2 is 1.93 bits per heavy atom. The van der Waals surface area contributed by atoms with Gasteiger partial charge < -0.3 is 4.98 Å². The van der Waals surface area contributed by atoms with Crippen LogP contribution in [-0.4, -0.2) is 4.98 Å². The molecule has 0 saturated carbocycles. The van der Waals surface area contributed by atoms with E-state index in [-0.39, 0.29) is 5.43 Å². The molecular formula is C13H21NO. The first-order chi connectivity index (χ1) is 7.15. The summed E-state index contributed by atoms with van der Waals surface area (Å²) in [5, 5.41) is 0. The molecule has 0 amide bonds. The van der Waals surface area contributed by atoms with Crippen LogP contribution in [0, 0.1) is 13.8 Å². The minimum atomic E-state index is 0.164. The van der Waals surface area contributed by atoms with Crippen LogP contribution in [-0.2, 0) is 6.42 Å². The maximum absolute atomic E-state index is 11.5. The highest BCUT2D eigenvalue weighted by Gasteiger charge is 2.01. The van der Waals surface area contributed by atoms with Gasteiger partial charge in [0.1, 0.15) is 0 Å². The van der Waals surface area contributed by atoms with Gasteiger partial charge in [0.05, 0.1) is 0 Å². The molecule has 0 aliphatic carbocycles. The summed E-state index contributed by atoms with van der Waals surface area (Å²) in [5.74, 6) is 0. The minimum Gasteiger partial charge on any atom is -0.362 e. The van der Waals surface area contributed by atoms with E-state index in [4.69, 9.17) is 0 Å². The maximum Gasteiger partial charge on any atom is 0.184 e. The molecule has 1 aromatic heterocycles. The van der Waals surface area contributed by atoms with Crippen LogP contribution in [0.5, 0.6) is 0 Å². The summed E-state index contributed by atoms with van der Waals surface area (Å²) >= 11 is 0. The molecule has 0 radical (unpaired) electrons. The van der Waals surface area contributed by atoms with Gasteiger partial charge in [-0.25, -0.2) is 0 Å². The van der Waals surface area contributed by atoms with Crippen LogP contribution >= 0.6 is 0 Å². The summed E-state index contributed by atoms with van der Waals surface area (Å²) in [6.45, 7) is 6.04. The van der Waals surface area contributed by atoms with Crippen molar-refractivity contribution in [1.82, 2.24) is 4.98 Å². The Balaban J connectivity index is 2.59. The molecule has 0 saturated heterocycles. The van der Waals surface area contributed by atoms with Crippen molar-refractivity contribution in [2.75, 3.05) is 0 Å². The van der Waals surface area contributed by atoms with Gasteiger partial charge >= 0.3 is 0 Å². The van der Waals surface area contributed by atoms with Gasteiger partial charge in [-0.1, -0.05) is 26.2 Å². The van der Waals surface area contributed by atoms with Crippen molar-refractivity contribution in [1.29, 1.82) is 0 Å². The van der Waals surface area contributed by atoms with E-state index in [2.05, 4.69) is 11.9 Å². The normalized spacial score (nSPS) is 10.6. The zero-order valence-corrected chi connectivity index (χ0v) is 10.0. The summed E-state index contributed by atoms with van der Waals surface area (Å²) in [4.78, 5) is 14.8. The average Bonchev–Trinajstić information content (AvgIpc) is 2.21. The number of pyridine rings is 1. The van der Waals surface area contributed by atoms with Crippen molar-refractivity contribution in [3.8, 4) is 0 Å². The Labute approximate surface area is 91.7 Å². The Hall–Kier alpha value is -1.05. The molecule has 1 rings (SSSR count). The third-order valence-electron chi connectivity index (χ3n) is 2.89. The second-order valence-corrected chi connectivity index (χ2v) is 4.22. The number of nitrogens with one attached hydrogen (secondary N) is 1. The standard InChI is InChI=1S/C13H21NO/c1-4-5-6-7-8-12-9-13(15)10(2)11(3)14-12/h9H,4-8H2,1-3H3,(H,14,15). The van der Waals surface area contributed by atoms with Crippen LogP contribution in [0.3, 0.4) is 0 Å². The molecule has 0 aliphatic heterocycles. The van der Waals surface area contributed by atoms with Crippen molar-refractivity contribution in [3.63, 3.8) is 0 Å². The summed E-state index contributed by atoms with van der Waals surface area (Å²) in [6.07, 6.45) is 5.96. The molecule has 0 spiro atoms. The fraction of sp³-hybridized carbons (Fsp3) is 0.615. The molecule has 0 bridgehead atoms. The first-order valence-electron chi connectivity index (χ1n) is 5.84. The van der Waals surface area contributed by atoms with Crippen molar-refractivity contribution in [2.24, 2.45) is 0 Å². The topological polar surface area (TPSA) is 32.9 Å². The number of aromatic amines is 1. The van der Waals surface area contributed by atoms with Crippen molar-refractivity contribution >= 4 is 0 Å². The van der Waals surface area contributed by atoms with E-state index in [0.29, 0.717) is 0 Å². The Bertz CT molecular complexity index is 365. The molecule has 0 unspecified atom stereocenters. The molecule has 0 fully saturated rings. The molecule has 2 nitrogen and oxygen atoms in total. The number of hydrogen-bond donors (Lipinski definition) is 1. The lowest BCUT2D eigenvalue weighted by atomic mass is 10.1. The summed E-state index contributed by atoms with van der Waals surface area (Å²) in [7, 11) is 0. The molecule has 0 aliphatic rings. The molecule has 1 heterocycles. The molecule has 1 aromatic rings. The third-order valence-corrected chi connectivity index (χ3v) is 2.89. The van der Waals surface area contributed by atoms with Gasteiger partial charge in [-0.15, -0.1) is 0 Å². The average molecular weight is 207 g/mol. The minimum absolute atomic E-state index is 0.164. The van der Waals surface area contributed by atoms with Gasteiger partial charge in [-0.3, -0.25) is 4.79 Å². The Morgan fingerprint density at radius 1 is 1.20 bits per heavy atom. The fourth-order valence-electron chi connectivity index (χ4n) is 1.70. The van der Waals surface area contributed by atoms with E-state index in [1.165, 1.54) is 25.7 Å². The summed E-state index contributed by atoms with van der Waals surface area (Å²) < 4.78 is 0. The fourth-order valence-corrected chi connectivity index (χ4v) is 1.70. The maximum atomic E-state index is 11.5. The molecule has 1 N–H and O–H groups in total.